The zero-order valence-electron chi connectivity index (χ0n) is 11.9. The van der Waals surface area contributed by atoms with Gasteiger partial charge in [0.05, 0.1) is 6.54 Å². The fraction of sp³-hybridized carbons (Fsp3) is 0.429. The number of hydrogen-bond donors (Lipinski definition) is 0. The first kappa shape index (κ1) is 15.0. The lowest BCUT2D eigenvalue weighted by Gasteiger charge is -2.30. The average Bonchev–Trinajstić information content (AvgIpc) is 3.02. The SMILES string of the molecule is CCN(CC1COc2ccccc2O1)c1nnc(C(F)F)s1. The van der Waals surface area contributed by atoms with Gasteiger partial charge in [0.1, 0.15) is 6.61 Å². The number of likely N-dealkylation sites (N-methyl/N-ethyl adjacent to an activating group) is 1. The summed E-state index contributed by atoms with van der Waals surface area (Å²) < 4.78 is 36.8. The standard InChI is InChI=1S/C14H15F2N3O2S/c1-2-19(14-18-17-13(22-14)12(15)16)7-9-8-20-10-5-3-4-6-11(10)21-9/h3-6,9,12H,2,7-8H2,1H3. The van der Waals surface area contributed by atoms with Crippen LogP contribution in [0.2, 0.25) is 0 Å². The number of anilines is 1. The summed E-state index contributed by atoms with van der Waals surface area (Å²) in [7, 11) is 0. The van der Waals surface area contributed by atoms with Crippen molar-refractivity contribution < 1.29 is 18.3 Å². The van der Waals surface area contributed by atoms with Crippen LogP contribution in [0.4, 0.5) is 13.9 Å². The maximum atomic E-state index is 12.6. The van der Waals surface area contributed by atoms with Gasteiger partial charge in [-0.1, -0.05) is 23.5 Å². The van der Waals surface area contributed by atoms with E-state index in [1.807, 2.05) is 36.1 Å². The van der Waals surface area contributed by atoms with Crippen molar-refractivity contribution in [1.29, 1.82) is 0 Å². The molecule has 0 radical (unpaired) electrons. The molecule has 2 heterocycles. The second-order valence-electron chi connectivity index (χ2n) is 4.76. The van der Waals surface area contributed by atoms with E-state index in [-0.39, 0.29) is 11.1 Å². The predicted octanol–water partition coefficient (Wildman–Crippen LogP) is 3.14. The smallest absolute Gasteiger partial charge is 0.291 e. The van der Waals surface area contributed by atoms with Crippen molar-refractivity contribution in [3.05, 3.63) is 29.3 Å². The molecule has 0 spiro atoms. The topological polar surface area (TPSA) is 47.5 Å². The Balaban J connectivity index is 1.68. The van der Waals surface area contributed by atoms with Crippen LogP contribution in [0, 0.1) is 0 Å². The van der Waals surface area contributed by atoms with Crippen LogP contribution in [0.15, 0.2) is 24.3 Å². The van der Waals surface area contributed by atoms with Crippen molar-refractivity contribution in [2.45, 2.75) is 19.5 Å². The highest BCUT2D eigenvalue weighted by molar-refractivity contribution is 7.15. The Bertz CT molecular complexity index is 638. The summed E-state index contributed by atoms with van der Waals surface area (Å²) >= 11 is 0.905. The van der Waals surface area contributed by atoms with Crippen molar-refractivity contribution in [1.82, 2.24) is 10.2 Å². The van der Waals surface area contributed by atoms with Crippen molar-refractivity contribution in [2.75, 3.05) is 24.6 Å². The zero-order chi connectivity index (χ0) is 15.5. The molecule has 1 atom stereocenters. The summed E-state index contributed by atoms with van der Waals surface area (Å²) in [4.78, 5) is 1.87. The number of alkyl halides is 2. The Kier molecular flexibility index (Phi) is 4.37. The Morgan fingerprint density at radius 2 is 2.09 bits per heavy atom. The van der Waals surface area contributed by atoms with Crippen LogP contribution in [0.5, 0.6) is 11.5 Å². The van der Waals surface area contributed by atoms with E-state index in [2.05, 4.69) is 10.2 Å². The number of hydrogen-bond acceptors (Lipinski definition) is 6. The molecule has 1 aliphatic heterocycles. The van der Waals surface area contributed by atoms with E-state index >= 15 is 0 Å². The molecular formula is C14H15F2N3O2S. The normalized spacial score (nSPS) is 16.8. The molecule has 0 saturated heterocycles. The van der Waals surface area contributed by atoms with Gasteiger partial charge in [-0.3, -0.25) is 0 Å². The minimum absolute atomic E-state index is 0.186. The largest absolute Gasteiger partial charge is 0.486 e. The molecule has 0 amide bonds. The van der Waals surface area contributed by atoms with E-state index in [4.69, 9.17) is 9.47 Å². The molecule has 8 heteroatoms. The quantitative estimate of drug-likeness (QED) is 0.844. The lowest BCUT2D eigenvalue weighted by atomic mass is 10.2. The Hall–Kier alpha value is -1.96. The second kappa shape index (κ2) is 6.43. The number of ether oxygens (including phenoxy) is 2. The minimum atomic E-state index is -2.59. The van der Waals surface area contributed by atoms with Crippen LogP contribution < -0.4 is 14.4 Å². The third-order valence-corrected chi connectivity index (χ3v) is 4.25. The van der Waals surface area contributed by atoms with Crippen LogP contribution in [0.1, 0.15) is 18.4 Å². The predicted molar refractivity (Wildman–Crippen MR) is 79.1 cm³/mol. The molecule has 0 fully saturated rings. The second-order valence-corrected chi connectivity index (χ2v) is 5.75. The van der Waals surface area contributed by atoms with Gasteiger partial charge in [-0.15, -0.1) is 10.2 Å². The average molecular weight is 327 g/mol. The number of nitrogens with zero attached hydrogens (tertiary/aromatic N) is 3. The summed E-state index contributed by atoms with van der Waals surface area (Å²) in [6, 6.07) is 7.45. The van der Waals surface area contributed by atoms with Gasteiger partial charge in [-0.05, 0) is 19.1 Å². The Labute approximate surface area is 130 Å². The molecule has 22 heavy (non-hydrogen) atoms. The van der Waals surface area contributed by atoms with Gasteiger partial charge in [0.2, 0.25) is 5.13 Å². The van der Waals surface area contributed by atoms with Crippen LogP contribution in [0.25, 0.3) is 0 Å². The van der Waals surface area contributed by atoms with Gasteiger partial charge < -0.3 is 14.4 Å². The lowest BCUT2D eigenvalue weighted by molar-refractivity contribution is 0.0954. The van der Waals surface area contributed by atoms with Crippen LogP contribution in [-0.2, 0) is 0 Å². The molecule has 1 aromatic heterocycles. The van der Waals surface area contributed by atoms with Gasteiger partial charge in [-0.2, -0.15) is 0 Å². The fourth-order valence-electron chi connectivity index (χ4n) is 2.18. The van der Waals surface area contributed by atoms with Gasteiger partial charge in [0.15, 0.2) is 22.6 Å². The molecule has 118 valence electrons. The maximum Gasteiger partial charge on any atom is 0.291 e. The van der Waals surface area contributed by atoms with E-state index in [0.717, 1.165) is 17.1 Å². The first-order valence-corrected chi connectivity index (χ1v) is 7.74. The van der Waals surface area contributed by atoms with E-state index in [1.165, 1.54) is 0 Å². The minimum Gasteiger partial charge on any atom is -0.486 e. The maximum absolute atomic E-state index is 12.6. The summed E-state index contributed by atoms with van der Waals surface area (Å²) in [5, 5.41) is 7.56. The van der Waals surface area contributed by atoms with E-state index in [1.54, 1.807) is 0 Å². The lowest BCUT2D eigenvalue weighted by Crippen LogP contribution is -2.41. The molecule has 3 rings (SSSR count). The molecular weight excluding hydrogens is 312 g/mol. The molecule has 0 saturated carbocycles. The summed E-state index contributed by atoms with van der Waals surface area (Å²) in [6.07, 6.45) is -2.78. The first-order valence-electron chi connectivity index (χ1n) is 6.92. The molecule has 5 nitrogen and oxygen atoms in total. The number of benzene rings is 1. The number of fused-ring (bicyclic) bond motifs is 1. The third kappa shape index (κ3) is 3.11. The van der Waals surface area contributed by atoms with Crippen molar-refractivity contribution in [2.24, 2.45) is 0 Å². The number of aromatic nitrogens is 2. The van der Waals surface area contributed by atoms with E-state index in [0.29, 0.717) is 30.6 Å². The first-order chi connectivity index (χ1) is 10.7. The Morgan fingerprint density at radius 1 is 1.32 bits per heavy atom. The van der Waals surface area contributed by atoms with Crippen molar-refractivity contribution in [3.63, 3.8) is 0 Å². The molecule has 0 bridgehead atoms. The molecule has 0 aliphatic carbocycles. The van der Waals surface area contributed by atoms with Crippen LogP contribution in [-0.4, -0.2) is 36.0 Å². The molecule has 2 aromatic rings. The molecule has 0 N–H and O–H groups in total. The van der Waals surface area contributed by atoms with Gasteiger partial charge in [0.25, 0.3) is 6.43 Å². The monoisotopic (exact) mass is 327 g/mol. The van der Waals surface area contributed by atoms with Gasteiger partial charge in [0, 0.05) is 6.54 Å². The number of para-hydroxylation sites is 2. The fourth-order valence-corrected chi connectivity index (χ4v) is 2.96. The van der Waals surface area contributed by atoms with E-state index in [9.17, 15) is 8.78 Å². The van der Waals surface area contributed by atoms with Crippen LogP contribution >= 0.6 is 11.3 Å². The number of rotatable bonds is 5. The Morgan fingerprint density at radius 3 is 2.77 bits per heavy atom. The molecule has 1 unspecified atom stereocenters. The number of halogens is 2. The highest BCUT2D eigenvalue weighted by Gasteiger charge is 2.25. The molecule has 1 aromatic carbocycles. The summed E-state index contributed by atoms with van der Waals surface area (Å²) in [6.45, 7) is 3.47. The summed E-state index contributed by atoms with van der Waals surface area (Å²) in [5.41, 5.74) is 0. The third-order valence-electron chi connectivity index (χ3n) is 3.26. The van der Waals surface area contributed by atoms with E-state index < -0.39 is 6.43 Å². The van der Waals surface area contributed by atoms with Gasteiger partial charge >= 0.3 is 0 Å². The highest BCUT2D eigenvalue weighted by atomic mass is 32.1. The van der Waals surface area contributed by atoms with Crippen molar-refractivity contribution >= 4 is 16.5 Å². The molecule has 1 aliphatic rings. The highest BCUT2D eigenvalue weighted by Crippen LogP contribution is 2.32. The summed E-state index contributed by atoms with van der Waals surface area (Å²) in [5.74, 6) is 1.41. The van der Waals surface area contributed by atoms with Crippen LogP contribution in [0.3, 0.4) is 0 Å². The zero-order valence-corrected chi connectivity index (χ0v) is 12.7. The van der Waals surface area contributed by atoms with Crippen molar-refractivity contribution in [3.8, 4) is 11.5 Å². The van der Waals surface area contributed by atoms with Gasteiger partial charge in [-0.25, -0.2) is 8.78 Å².